The molecule has 0 saturated carbocycles. The molecule has 1 atom stereocenters. The molecule has 2 heterocycles. The smallest absolute Gasteiger partial charge is 0.338 e. The van der Waals surface area contributed by atoms with Crippen LogP contribution in [0.2, 0.25) is 5.02 Å². The fourth-order valence-electron chi connectivity index (χ4n) is 5.12. The van der Waals surface area contributed by atoms with E-state index in [1.54, 1.807) is 43.3 Å². The Kier molecular flexibility index (Phi) is 9.63. The molecule has 0 saturated heterocycles. The summed E-state index contributed by atoms with van der Waals surface area (Å²) in [5, 5.41) is 9.89. The van der Waals surface area contributed by atoms with E-state index in [9.17, 15) is 14.9 Å². The van der Waals surface area contributed by atoms with Gasteiger partial charge in [-0.15, -0.1) is 0 Å². The summed E-state index contributed by atoms with van der Waals surface area (Å²) in [6.45, 7) is 4.09. The number of methoxy groups -OCH3 is 1. The van der Waals surface area contributed by atoms with E-state index in [4.69, 9.17) is 30.8 Å². The number of thiazole rings is 1. The van der Waals surface area contributed by atoms with Gasteiger partial charge in [-0.25, -0.2) is 9.79 Å². The number of fused-ring (bicyclic) bond motifs is 1. The fourth-order valence-corrected chi connectivity index (χ4v) is 6.31. The number of hydrogen-bond acceptors (Lipinski definition) is 8. The Labute approximate surface area is 263 Å². The first kappa shape index (κ1) is 30.8. The summed E-state index contributed by atoms with van der Waals surface area (Å²) < 4.78 is 19.2. The number of hydrogen-bond donors (Lipinski definition) is 0. The monoisotopic (exact) mass is 627 g/mol. The zero-order valence-corrected chi connectivity index (χ0v) is 26.1. The van der Waals surface area contributed by atoms with Crippen LogP contribution in [0.25, 0.3) is 6.08 Å². The maximum Gasteiger partial charge on any atom is 0.338 e. The van der Waals surface area contributed by atoms with Gasteiger partial charge in [0.1, 0.15) is 24.1 Å². The third-order valence-electron chi connectivity index (χ3n) is 7.11. The van der Waals surface area contributed by atoms with Crippen LogP contribution >= 0.6 is 22.9 Å². The van der Waals surface area contributed by atoms with Gasteiger partial charge in [-0.05, 0) is 49.8 Å². The molecular formula is C34H30ClN3O5S. The average Bonchev–Trinajstić information content (AvgIpc) is 3.34. The molecular weight excluding hydrogens is 598 g/mol. The average molecular weight is 628 g/mol. The van der Waals surface area contributed by atoms with E-state index in [-0.39, 0.29) is 24.3 Å². The van der Waals surface area contributed by atoms with Gasteiger partial charge >= 0.3 is 5.97 Å². The number of allylic oxidation sites excluding steroid dienone is 1. The number of esters is 1. The molecule has 1 aliphatic rings. The zero-order chi connectivity index (χ0) is 31.2. The van der Waals surface area contributed by atoms with Crippen LogP contribution in [-0.2, 0) is 16.1 Å². The number of benzene rings is 3. The number of rotatable bonds is 10. The molecule has 0 radical (unpaired) electrons. The minimum absolute atomic E-state index is 0.168. The number of nitrogens with zero attached hydrogens (tertiary/aromatic N) is 3. The lowest BCUT2D eigenvalue weighted by Crippen LogP contribution is -2.40. The number of halogens is 1. The molecule has 0 amide bonds. The topological polar surface area (TPSA) is 103 Å². The lowest BCUT2D eigenvalue weighted by Gasteiger charge is -2.27. The van der Waals surface area contributed by atoms with Crippen molar-refractivity contribution in [3.8, 4) is 17.6 Å². The molecule has 0 bridgehead atoms. The highest BCUT2D eigenvalue weighted by molar-refractivity contribution is 7.07. The molecule has 10 heteroatoms. The van der Waals surface area contributed by atoms with Crippen molar-refractivity contribution in [1.82, 2.24) is 4.57 Å². The number of para-hydroxylation sites is 1. The van der Waals surface area contributed by atoms with Crippen LogP contribution in [0.3, 0.4) is 0 Å². The highest BCUT2D eigenvalue weighted by Gasteiger charge is 2.36. The van der Waals surface area contributed by atoms with Crippen molar-refractivity contribution in [3.63, 3.8) is 0 Å². The Morgan fingerprint density at radius 3 is 2.64 bits per heavy atom. The molecule has 5 rings (SSSR count). The maximum atomic E-state index is 14.2. The second-order valence-corrected chi connectivity index (χ2v) is 11.3. The van der Waals surface area contributed by atoms with Crippen molar-refractivity contribution >= 4 is 35.0 Å². The van der Waals surface area contributed by atoms with Crippen LogP contribution in [0.1, 0.15) is 55.0 Å². The van der Waals surface area contributed by atoms with E-state index in [0.29, 0.717) is 54.7 Å². The number of carbonyl (C=O) groups is 1. The summed E-state index contributed by atoms with van der Waals surface area (Å²) in [7, 11) is 1.53. The minimum atomic E-state index is -0.864. The van der Waals surface area contributed by atoms with Gasteiger partial charge in [-0.1, -0.05) is 72.7 Å². The summed E-state index contributed by atoms with van der Waals surface area (Å²) >= 11 is 7.66. The summed E-state index contributed by atoms with van der Waals surface area (Å²) in [5.41, 5.74) is 3.05. The molecule has 0 fully saturated rings. The van der Waals surface area contributed by atoms with Gasteiger partial charge in [0, 0.05) is 21.7 Å². The molecule has 8 nitrogen and oxygen atoms in total. The SMILES string of the molecule is CCCC1=C(C(=O)OCC)[C@H](c2cc(Cl)ccc2OC)n2c(s/c(=C/c3ccccc3OCc3ccccc3C#N)c2=O)=N1. The quantitative estimate of drug-likeness (QED) is 0.209. The van der Waals surface area contributed by atoms with E-state index < -0.39 is 12.0 Å². The first-order valence-electron chi connectivity index (χ1n) is 14.1. The molecule has 0 unspecified atom stereocenters. The lowest BCUT2D eigenvalue weighted by atomic mass is 9.93. The first-order chi connectivity index (χ1) is 21.4. The second-order valence-electron chi connectivity index (χ2n) is 9.90. The van der Waals surface area contributed by atoms with Gasteiger partial charge in [-0.2, -0.15) is 5.26 Å². The van der Waals surface area contributed by atoms with Crippen molar-refractivity contribution in [2.75, 3.05) is 13.7 Å². The zero-order valence-electron chi connectivity index (χ0n) is 24.5. The van der Waals surface area contributed by atoms with Crippen LogP contribution in [0.15, 0.2) is 87.8 Å². The van der Waals surface area contributed by atoms with Gasteiger partial charge in [0.05, 0.1) is 41.2 Å². The number of ether oxygens (including phenoxy) is 3. The van der Waals surface area contributed by atoms with Crippen LogP contribution in [0, 0.1) is 11.3 Å². The normalized spacial score (nSPS) is 14.4. The number of carbonyl (C=O) groups excluding carboxylic acids is 1. The summed E-state index contributed by atoms with van der Waals surface area (Å²) in [5.74, 6) is 0.486. The molecule has 4 aromatic rings. The standard InChI is InChI=1S/C34H30ClN3O5S/c1-4-10-26-30(33(40)42-5-2)31(25-18-24(35)15-16-28(25)41-3)38-32(39)29(44-34(38)37-26)17-21-11-8-9-14-27(21)43-20-23-13-7-6-12-22(23)19-36/h6-9,11-18,31H,4-5,10,20H2,1-3H3/b29-17+/t31-/m0/s1. The fraction of sp³-hybridized carbons (Fsp3) is 0.235. The molecule has 44 heavy (non-hydrogen) atoms. The van der Waals surface area contributed by atoms with E-state index in [1.807, 2.05) is 43.3 Å². The van der Waals surface area contributed by atoms with Crippen molar-refractivity contribution in [2.45, 2.75) is 39.3 Å². The molecule has 1 aromatic heterocycles. The van der Waals surface area contributed by atoms with Crippen LogP contribution in [0.5, 0.6) is 11.5 Å². The van der Waals surface area contributed by atoms with Crippen LogP contribution in [-0.4, -0.2) is 24.3 Å². The van der Waals surface area contributed by atoms with Gasteiger partial charge in [0.15, 0.2) is 4.80 Å². The number of aromatic nitrogens is 1. The predicted molar refractivity (Wildman–Crippen MR) is 170 cm³/mol. The van der Waals surface area contributed by atoms with Crippen molar-refractivity contribution in [1.29, 1.82) is 5.26 Å². The molecule has 224 valence electrons. The van der Waals surface area contributed by atoms with Gasteiger partial charge in [-0.3, -0.25) is 9.36 Å². The molecule has 0 spiro atoms. The van der Waals surface area contributed by atoms with E-state index >= 15 is 0 Å². The Hall–Kier alpha value is -4.65. The third kappa shape index (κ3) is 6.18. The minimum Gasteiger partial charge on any atom is -0.496 e. The summed E-state index contributed by atoms with van der Waals surface area (Å²) in [6, 6.07) is 21.1. The Bertz CT molecular complexity index is 1970. The maximum absolute atomic E-state index is 14.2. The first-order valence-corrected chi connectivity index (χ1v) is 15.3. The number of nitriles is 1. The Balaban J connectivity index is 1.67. The Morgan fingerprint density at radius 2 is 1.89 bits per heavy atom. The highest BCUT2D eigenvalue weighted by atomic mass is 35.5. The molecule has 3 aromatic carbocycles. The molecule has 1 aliphatic heterocycles. The van der Waals surface area contributed by atoms with Crippen LogP contribution < -0.4 is 24.4 Å². The van der Waals surface area contributed by atoms with Gasteiger partial charge in [0.2, 0.25) is 0 Å². The van der Waals surface area contributed by atoms with E-state index in [2.05, 4.69) is 6.07 Å². The largest absolute Gasteiger partial charge is 0.496 e. The Morgan fingerprint density at radius 1 is 1.11 bits per heavy atom. The molecule has 0 N–H and O–H groups in total. The van der Waals surface area contributed by atoms with Gasteiger partial charge in [0.25, 0.3) is 5.56 Å². The molecule has 0 aliphatic carbocycles. The second kappa shape index (κ2) is 13.8. The predicted octanol–water partition coefficient (Wildman–Crippen LogP) is 5.69. The van der Waals surface area contributed by atoms with Crippen molar-refractivity contribution in [3.05, 3.63) is 125 Å². The van der Waals surface area contributed by atoms with Crippen LogP contribution in [0.4, 0.5) is 0 Å². The summed E-state index contributed by atoms with van der Waals surface area (Å²) in [4.78, 5) is 33.0. The highest BCUT2D eigenvalue weighted by Crippen LogP contribution is 2.38. The van der Waals surface area contributed by atoms with Crippen molar-refractivity contribution < 1.29 is 19.0 Å². The van der Waals surface area contributed by atoms with Gasteiger partial charge < -0.3 is 14.2 Å². The van der Waals surface area contributed by atoms with E-state index in [1.165, 1.54) is 23.0 Å². The van der Waals surface area contributed by atoms with E-state index in [0.717, 1.165) is 12.0 Å². The lowest BCUT2D eigenvalue weighted by molar-refractivity contribution is -0.139. The summed E-state index contributed by atoms with van der Waals surface area (Å²) in [6.07, 6.45) is 3.00. The van der Waals surface area contributed by atoms with Crippen molar-refractivity contribution in [2.24, 2.45) is 4.99 Å². The third-order valence-corrected chi connectivity index (χ3v) is 8.32.